The first kappa shape index (κ1) is 11.5. The van der Waals surface area contributed by atoms with Gasteiger partial charge >= 0.3 is 0 Å². The molecule has 0 spiro atoms. The number of piperidine rings is 1. The van der Waals surface area contributed by atoms with Crippen molar-refractivity contribution in [1.82, 2.24) is 20.2 Å². The maximum absolute atomic E-state index is 4.34. The van der Waals surface area contributed by atoms with Crippen LogP contribution in [0.3, 0.4) is 0 Å². The van der Waals surface area contributed by atoms with Gasteiger partial charge in [0.15, 0.2) is 0 Å². The predicted octanol–water partition coefficient (Wildman–Crippen LogP) is 0.969. The lowest BCUT2D eigenvalue weighted by Gasteiger charge is -2.29. The highest BCUT2D eigenvalue weighted by atomic mass is 15.1. The van der Waals surface area contributed by atoms with Crippen molar-refractivity contribution in [2.75, 3.05) is 20.1 Å². The maximum atomic E-state index is 4.34. The van der Waals surface area contributed by atoms with Crippen LogP contribution in [0.4, 0.5) is 0 Å². The van der Waals surface area contributed by atoms with Crippen LogP contribution in [0, 0.1) is 6.92 Å². The van der Waals surface area contributed by atoms with Crippen LogP contribution in [0.1, 0.15) is 24.2 Å². The van der Waals surface area contributed by atoms with Crippen LogP contribution in [-0.4, -0.2) is 41.0 Å². The van der Waals surface area contributed by atoms with Gasteiger partial charge in [-0.05, 0) is 39.9 Å². The van der Waals surface area contributed by atoms with Crippen molar-refractivity contribution >= 4 is 0 Å². The fourth-order valence-electron chi connectivity index (χ4n) is 1.97. The summed E-state index contributed by atoms with van der Waals surface area (Å²) in [4.78, 5) is 11.0. The first-order valence-electron chi connectivity index (χ1n) is 5.93. The van der Waals surface area contributed by atoms with E-state index < -0.39 is 0 Å². The van der Waals surface area contributed by atoms with Gasteiger partial charge in [-0.15, -0.1) is 0 Å². The van der Waals surface area contributed by atoms with Crippen LogP contribution < -0.4 is 5.32 Å². The van der Waals surface area contributed by atoms with Gasteiger partial charge in [-0.25, -0.2) is 0 Å². The molecule has 4 heteroatoms. The van der Waals surface area contributed by atoms with Crippen molar-refractivity contribution in [3.05, 3.63) is 23.8 Å². The molecule has 0 saturated carbocycles. The molecule has 1 N–H and O–H groups in total. The Morgan fingerprint density at radius 2 is 2.06 bits per heavy atom. The SMILES string of the molecule is Cc1cnc(CNC2CCN(C)CC2)cn1. The second-order valence-corrected chi connectivity index (χ2v) is 4.61. The fraction of sp³-hybridized carbons (Fsp3) is 0.667. The summed E-state index contributed by atoms with van der Waals surface area (Å²) >= 11 is 0. The molecule has 16 heavy (non-hydrogen) atoms. The quantitative estimate of drug-likeness (QED) is 0.824. The predicted molar refractivity (Wildman–Crippen MR) is 64.1 cm³/mol. The number of nitrogens with one attached hydrogen (secondary N) is 1. The monoisotopic (exact) mass is 220 g/mol. The van der Waals surface area contributed by atoms with Gasteiger partial charge < -0.3 is 10.2 Å². The molecule has 1 aliphatic heterocycles. The van der Waals surface area contributed by atoms with Crippen LogP contribution in [-0.2, 0) is 6.54 Å². The molecule has 1 aliphatic rings. The highest BCUT2D eigenvalue weighted by Gasteiger charge is 2.15. The van der Waals surface area contributed by atoms with E-state index in [9.17, 15) is 0 Å². The summed E-state index contributed by atoms with van der Waals surface area (Å²) in [5.41, 5.74) is 2.01. The van der Waals surface area contributed by atoms with Crippen molar-refractivity contribution in [2.24, 2.45) is 0 Å². The van der Waals surface area contributed by atoms with Crippen LogP contribution in [0.5, 0.6) is 0 Å². The van der Waals surface area contributed by atoms with E-state index in [4.69, 9.17) is 0 Å². The molecule has 4 nitrogen and oxygen atoms in total. The van der Waals surface area contributed by atoms with Gasteiger partial charge in [0, 0.05) is 25.0 Å². The van der Waals surface area contributed by atoms with Crippen LogP contribution in [0.2, 0.25) is 0 Å². The Labute approximate surface area is 97.1 Å². The standard InChI is InChI=1S/C12H20N4/c1-10-7-14-12(8-13-10)9-15-11-3-5-16(2)6-4-11/h7-8,11,15H,3-6,9H2,1-2H3. The highest BCUT2D eigenvalue weighted by Crippen LogP contribution is 2.08. The number of rotatable bonds is 3. The molecule has 0 aromatic carbocycles. The molecule has 1 saturated heterocycles. The van der Waals surface area contributed by atoms with E-state index in [0.717, 1.165) is 17.9 Å². The van der Waals surface area contributed by atoms with Gasteiger partial charge in [0.2, 0.25) is 0 Å². The first-order valence-corrected chi connectivity index (χ1v) is 5.93. The third-order valence-electron chi connectivity index (χ3n) is 3.12. The minimum Gasteiger partial charge on any atom is -0.308 e. The zero-order chi connectivity index (χ0) is 11.4. The van der Waals surface area contributed by atoms with Crippen molar-refractivity contribution in [1.29, 1.82) is 0 Å². The summed E-state index contributed by atoms with van der Waals surface area (Å²) in [5.74, 6) is 0. The average Bonchev–Trinajstić information content (AvgIpc) is 2.30. The Bertz CT molecular complexity index is 314. The van der Waals surface area contributed by atoms with Crippen molar-refractivity contribution in [3.8, 4) is 0 Å². The normalized spacial score (nSPS) is 18.9. The van der Waals surface area contributed by atoms with Gasteiger partial charge in [0.25, 0.3) is 0 Å². The molecule has 0 unspecified atom stereocenters. The largest absolute Gasteiger partial charge is 0.308 e. The third-order valence-corrected chi connectivity index (χ3v) is 3.12. The topological polar surface area (TPSA) is 41.1 Å². The lowest BCUT2D eigenvalue weighted by molar-refractivity contribution is 0.233. The van der Waals surface area contributed by atoms with Gasteiger partial charge in [-0.3, -0.25) is 9.97 Å². The smallest absolute Gasteiger partial charge is 0.0724 e. The number of likely N-dealkylation sites (tertiary alicyclic amines) is 1. The van der Waals surface area contributed by atoms with E-state index in [1.54, 1.807) is 0 Å². The molecule has 0 radical (unpaired) electrons. The number of aryl methyl sites for hydroxylation is 1. The molecule has 2 heterocycles. The van der Waals surface area contributed by atoms with Crippen molar-refractivity contribution in [2.45, 2.75) is 32.4 Å². The van der Waals surface area contributed by atoms with Crippen molar-refractivity contribution < 1.29 is 0 Å². The summed E-state index contributed by atoms with van der Waals surface area (Å²) in [7, 11) is 2.18. The second-order valence-electron chi connectivity index (χ2n) is 4.61. The summed E-state index contributed by atoms with van der Waals surface area (Å²) < 4.78 is 0. The van der Waals surface area contributed by atoms with Crippen LogP contribution >= 0.6 is 0 Å². The molecular formula is C12H20N4. The molecule has 0 atom stereocenters. The summed E-state index contributed by atoms with van der Waals surface area (Å²) in [6, 6.07) is 0.638. The number of nitrogens with zero attached hydrogens (tertiary/aromatic N) is 3. The molecular weight excluding hydrogens is 200 g/mol. The van der Waals surface area contributed by atoms with Gasteiger partial charge in [0.05, 0.1) is 11.4 Å². The lowest BCUT2D eigenvalue weighted by Crippen LogP contribution is -2.40. The summed E-state index contributed by atoms with van der Waals surface area (Å²) in [5, 5.41) is 3.55. The number of aromatic nitrogens is 2. The van der Waals surface area contributed by atoms with E-state index >= 15 is 0 Å². The van der Waals surface area contributed by atoms with Crippen LogP contribution in [0.15, 0.2) is 12.4 Å². The minimum absolute atomic E-state index is 0.638. The summed E-state index contributed by atoms with van der Waals surface area (Å²) in [6.07, 6.45) is 6.15. The minimum atomic E-state index is 0.638. The zero-order valence-corrected chi connectivity index (χ0v) is 10.1. The maximum Gasteiger partial charge on any atom is 0.0724 e. The Balaban J connectivity index is 1.77. The van der Waals surface area contributed by atoms with E-state index in [1.165, 1.54) is 25.9 Å². The molecule has 1 aromatic rings. The van der Waals surface area contributed by atoms with Gasteiger partial charge in [0.1, 0.15) is 0 Å². The van der Waals surface area contributed by atoms with E-state index in [0.29, 0.717) is 6.04 Å². The number of hydrogen-bond acceptors (Lipinski definition) is 4. The third kappa shape index (κ3) is 3.25. The zero-order valence-electron chi connectivity index (χ0n) is 10.1. The molecule has 1 fully saturated rings. The molecule has 1 aromatic heterocycles. The van der Waals surface area contributed by atoms with Gasteiger partial charge in [-0.1, -0.05) is 0 Å². The highest BCUT2D eigenvalue weighted by molar-refractivity contribution is 5.00. The van der Waals surface area contributed by atoms with Crippen molar-refractivity contribution in [3.63, 3.8) is 0 Å². The second kappa shape index (κ2) is 5.37. The molecule has 2 rings (SSSR count). The fourth-order valence-corrected chi connectivity index (χ4v) is 1.97. The summed E-state index contributed by atoms with van der Waals surface area (Å²) in [6.45, 7) is 5.18. The van der Waals surface area contributed by atoms with Crippen LogP contribution in [0.25, 0.3) is 0 Å². The average molecular weight is 220 g/mol. The Morgan fingerprint density at radius 3 is 2.69 bits per heavy atom. The first-order chi connectivity index (χ1) is 7.74. The lowest BCUT2D eigenvalue weighted by atomic mass is 10.1. The molecule has 0 aliphatic carbocycles. The Morgan fingerprint density at radius 1 is 1.31 bits per heavy atom. The van der Waals surface area contributed by atoms with E-state index in [1.807, 2.05) is 19.3 Å². The molecule has 0 bridgehead atoms. The van der Waals surface area contributed by atoms with E-state index in [-0.39, 0.29) is 0 Å². The van der Waals surface area contributed by atoms with E-state index in [2.05, 4.69) is 27.2 Å². The number of hydrogen-bond donors (Lipinski definition) is 1. The Hall–Kier alpha value is -1.00. The molecule has 88 valence electrons. The van der Waals surface area contributed by atoms with Gasteiger partial charge in [-0.2, -0.15) is 0 Å². The Kier molecular flexibility index (Phi) is 3.85. The molecule has 0 amide bonds.